The molecule has 92 valence electrons. The first-order valence-corrected chi connectivity index (χ1v) is 6.73. The highest BCUT2D eigenvalue weighted by Gasteiger charge is 2.46. The average molecular weight is 222 g/mol. The molecule has 1 fully saturated rings. The largest absolute Gasteiger partial charge is 0.390 e. The predicted molar refractivity (Wildman–Crippen MR) is 68.2 cm³/mol. The van der Waals surface area contributed by atoms with E-state index >= 15 is 0 Å². The fraction of sp³-hybridized carbons (Fsp3) is 0.867. The van der Waals surface area contributed by atoms with Crippen molar-refractivity contribution in [3.05, 3.63) is 11.6 Å². The second-order valence-corrected chi connectivity index (χ2v) is 6.88. The summed E-state index contributed by atoms with van der Waals surface area (Å²) in [5.74, 6) is 1.03. The Labute approximate surface area is 99.9 Å². The Balaban J connectivity index is 2.37. The molecule has 0 saturated heterocycles. The summed E-state index contributed by atoms with van der Waals surface area (Å²) in [5.41, 5.74) is 1.43. The standard InChI is InChI=1S/C15H26O/c1-11-6-7-12-13(10-11)14(2,3)8-5-9-15(12,4)16/h10,12-13,16H,5-9H2,1-4H3/t12-,13-,15-/m1/s1. The molecule has 1 N–H and O–H groups in total. The number of aliphatic hydroxyl groups is 1. The molecule has 2 aliphatic carbocycles. The van der Waals surface area contributed by atoms with Crippen molar-refractivity contribution in [1.82, 2.24) is 0 Å². The zero-order chi connectivity index (χ0) is 12.0. The number of hydrogen-bond donors (Lipinski definition) is 1. The lowest BCUT2D eigenvalue weighted by atomic mass is 9.63. The van der Waals surface area contributed by atoms with E-state index in [9.17, 15) is 5.11 Å². The topological polar surface area (TPSA) is 20.2 Å². The van der Waals surface area contributed by atoms with Crippen molar-refractivity contribution in [3.8, 4) is 0 Å². The van der Waals surface area contributed by atoms with Gasteiger partial charge in [0, 0.05) is 0 Å². The zero-order valence-electron chi connectivity index (χ0n) is 11.2. The van der Waals surface area contributed by atoms with Crippen LogP contribution in [0.2, 0.25) is 0 Å². The van der Waals surface area contributed by atoms with Gasteiger partial charge >= 0.3 is 0 Å². The molecule has 3 atom stereocenters. The fourth-order valence-electron chi connectivity index (χ4n) is 3.79. The van der Waals surface area contributed by atoms with E-state index in [0.717, 1.165) is 6.42 Å². The molecule has 0 radical (unpaired) electrons. The van der Waals surface area contributed by atoms with Crippen molar-refractivity contribution in [1.29, 1.82) is 0 Å². The van der Waals surface area contributed by atoms with Crippen LogP contribution >= 0.6 is 0 Å². The molecule has 2 aliphatic rings. The molecule has 1 nitrogen and oxygen atoms in total. The monoisotopic (exact) mass is 222 g/mol. The highest BCUT2D eigenvalue weighted by atomic mass is 16.3. The first-order valence-electron chi connectivity index (χ1n) is 6.73. The van der Waals surface area contributed by atoms with Gasteiger partial charge < -0.3 is 5.11 Å². The van der Waals surface area contributed by atoms with Crippen molar-refractivity contribution in [2.45, 2.75) is 65.4 Å². The van der Waals surface area contributed by atoms with Crippen LogP contribution in [0.25, 0.3) is 0 Å². The maximum absolute atomic E-state index is 10.6. The van der Waals surface area contributed by atoms with Gasteiger partial charge in [-0.3, -0.25) is 0 Å². The van der Waals surface area contributed by atoms with Gasteiger partial charge in [-0.1, -0.05) is 31.9 Å². The van der Waals surface area contributed by atoms with Crippen LogP contribution in [-0.4, -0.2) is 10.7 Å². The normalized spacial score (nSPS) is 43.2. The number of rotatable bonds is 0. The zero-order valence-corrected chi connectivity index (χ0v) is 11.2. The first kappa shape index (κ1) is 12.2. The van der Waals surface area contributed by atoms with Crippen molar-refractivity contribution in [2.24, 2.45) is 17.3 Å². The Hall–Kier alpha value is -0.300. The molecule has 0 aromatic heterocycles. The molecule has 0 aromatic carbocycles. The van der Waals surface area contributed by atoms with E-state index in [2.05, 4.69) is 33.8 Å². The Morgan fingerprint density at radius 1 is 1.25 bits per heavy atom. The van der Waals surface area contributed by atoms with Gasteiger partial charge in [0.1, 0.15) is 0 Å². The van der Waals surface area contributed by atoms with E-state index < -0.39 is 5.60 Å². The number of allylic oxidation sites excluding steroid dienone is 2. The summed E-state index contributed by atoms with van der Waals surface area (Å²) in [6.45, 7) is 9.05. The Morgan fingerprint density at radius 3 is 2.62 bits per heavy atom. The third-order valence-corrected chi connectivity index (χ3v) is 4.95. The molecule has 0 unspecified atom stereocenters. The highest BCUT2D eigenvalue weighted by Crippen LogP contribution is 2.51. The van der Waals surface area contributed by atoms with Crippen molar-refractivity contribution in [2.75, 3.05) is 0 Å². The first-order chi connectivity index (χ1) is 7.33. The smallest absolute Gasteiger partial charge is 0.0653 e. The maximum atomic E-state index is 10.6. The molecule has 0 heterocycles. The quantitative estimate of drug-likeness (QED) is 0.616. The molecular weight excluding hydrogens is 196 g/mol. The maximum Gasteiger partial charge on any atom is 0.0653 e. The van der Waals surface area contributed by atoms with Crippen LogP contribution < -0.4 is 0 Å². The van der Waals surface area contributed by atoms with E-state index in [1.807, 2.05) is 0 Å². The third kappa shape index (κ3) is 2.07. The van der Waals surface area contributed by atoms with Crippen LogP contribution in [0.5, 0.6) is 0 Å². The molecule has 0 aromatic rings. The number of fused-ring (bicyclic) bond motifs is 1. The predicted octanol–water partition coefficient (Wildman–Crippen LogP) is 3.92. The van der Waals surface area contributed by atoms with Gasteiger partial charge in [0.15, 0.2) is 0 Å². The van der Waals surface area contributed by atoms with Crippen molar-refractivity contribution < 1.29 is 5.11 Å². The van der Waals surface area contributed by atoms with Crippen molar-refractivity contribution in [3.63, 3.8) is 0 Å². The lowest BCUT2D eigenvalue weighted by Crippen LogP contribution is -2.42. The lowest BCUT2D eigenvalue weighted by molar-refractivity contribution is -0.0380. The lowest BCUT2D eigenvalue weighted by Gasteiger charge is -2.44. The van der Waals surface area contributed by atoms with E-state index in [0.29, 0.717) is 17.3 Å². The molecule has 2 rings (SSSR count). The van der Waals surface area contributed by atoms with E-state index in [1.54, 1.807) is 0 Å². The minimum absolute atomic E-state index is 0.354. The van der Waals surface area contributed by atoms with Crippen molar-refractivity contribution >= 4 is 0 Å². The van der Waals surface area contributed by atoms with Crippen LogP contribution in [0.15, 0.2) is 11.6 Å². The summed E-state index contributed by atoms with van der Waals surface area (Å²) in [6, 6.07) is 0. The summed E-state index contributed by atoms with van der Waals surface area (Å²) in [5, 5.41) is 10.6. The summed E-state index contributed by atoms with van der Waals surface area (Å²) in [6.07, 6.45) is 8.18. The summed E-state index contributed by atoms with van der Waals surface area (Å²) in [7, 11) is 0. The molecule has 0 amide bonds. The van der Waals surface area contributed by atoms with Crippen LogP contribution in [0, 0.1) is 17.3 Å². The van der Waals surface area contributed by atoms with Crippen LogP contribution in [0.3, 0.4) is 0 Å². The Morgan fingerprint density at radius 2 is 1.94 bits per heavy atom. The van der Waals surface area contributed by atoms with E-state index in [-0.39, 0.29) is 0 Å². The van der Waals surface area contributed by atoms with Crippen LogP contribution in [0.4, 0.5) is 0 Å². The molecule has 16 heavy (non-hydrogen) atoms. The second kappa shape index (κ2) is 3.87. The minimum atomic E-state index is -0.449. The molecule has 0 spiro atoms. The summed E-state index contributed by atoms with van der Waals surface area (Å²) < 4.78 is 0. The molecular formula is C15H26O. The van der Waals surface area contributed by atoms with Gasteiger partial charge in [-0.25, -0.2) is 0 Å². The highest BCUT2D eigenvalue weighted by molar-refractivity contribution is 5.14. The SMILES string of the molecule is CC1=C[C@@H]2[C@@H](CC1)[C@](C)(O)CCCC2(C)C. The number of hydrogen-bond acceptors (Lipinski definition) is 1. The van der Waals surface area contributed by atoms with Gasteiger partial charge in [0.2, 0.25) is 0 Å². The minimum Gasteiger partial charge on any atom is -0.390 e. The Kier molecular flexibility index (Phi) is 2.94. The van der Waals surface area contributed by atoms with Gasteiger partial charge in [0.25, 0.3) is 0 Å². The molecule has 0 aliphatic heterocycles. The van der Waals surface area contributed by atoms with Gasteiger partial charge in [0.05, 0.1) is 5.60 Å². The average Bonchev–Trinajstić information content (AvgIpc) is 2.23. The molecule has 1 saturated carbocycles. The van der Waals surface area contributed by atoms with E-state index in [4.69, 9.17) is 0 Å². The van der Waals surface area contributed by atoms with Gasteiger partial charge in [-0.2, -0.15) is 0 Å². The third-order valence-electron chi connectivity index (χ3n) is 4.95. The second-order valence-electron chi connectivity index (χ2n) is 6.88. The van der Waals surface area contributed by atoms with E-state index in [1.165, 1.54) is 31.3 Å². The Bertz CT molecular complexity index is 299. The molecule has 1 heteroatoms. The fourth-order valence-corrected chi connectivity index (χ4v) is 3.79. The van der Waals surface area contributed by atoms with Crippen LogP contribution in [-0.2, 0) is 0 Å². The summed E-state index contributed by atoms with van der Waals surface area (Å²) >= 11 is 0. The van der Waals surface area contributed by atoms with Crippen LogP contribution in [0.1, 0.15) is 59.8 Å². The van der Waals surface area contributed by atoms with Gasteiger partial charge in [-0.05, 0) is 56.8 Å². The summed E-state index contributed by atoms with van der Waals surface area (Å²) in [4.78, 5) is 0. The molecule has 0 bridgehead atoms. The van der Waals surface area contributed by atoms with Gasteiger partial charge in [-0.15, -0.1) is 0 Å².